The second kappa shape index (κ2) is 4.02. The lowest BCUT2D eigenvalue weighted by atomic mass is 9.63. The largest absolute Gasteiger partial charge is 0.480 e. The minimum atomic E-state index is -0.687. The molecule has 92 valence electrons. The minimum Gasteiger partial charge on any atom is -0.480 e. The molecular formula is C13H23NO2. The first kappa shape index (κ1) is 11.9. The Hall–Kier alpha value is -0.570. The van der Waals surface area contributed by atoms with Crippen molar-refractivity contribution in [1.82, 2.24) is 5.32 Å². The van der Waals surface area contributed by atoms with Gasteiger partial charge in [0, 0.05) is 0 Å². The second-order valence-electron chi connectivity index (χ2n) is 6.13. The van der Waals surface area contributed by atoms with E-state index in [1.165, 1.54) is 12.8 Å². The Morgan fingerprint density at radius 3 is 2.44 bits per heavy atom. The molecule has 1 unspecified atom stereocenters. The quantitative estimate of drug-likeness (QED) is 0.772. The number of nitrogens with one attached hydrogen (secondary N) is 1. The third-order valence-corrected chi connectivity index (χ3v) is 4.51. The van der Waals surface area contributed by atoms with Crippen LogP contribution in [0.1, 0.15) is 52.4 Å². The van der Waals surface area contributed by atoms with Crippen LogP contribution in [-0.4, -0.2) is 23.2 Å². The molecule has 0 aromatic carbocycles. The molecule has 1 atom stereocenters. The molecule has 2 saturated carbocycles. The first-order valence-electron chi connectivity index (χ1n) is 6.46. The molecule has 2 N–H and O–H groups in total. The Bertz CT molecular complexity index is 284. The highest BCUT2D eigenvalue weighted by Gasteiger charge is 2.52. The second-order valence-corrected chi connectivity index (χ2v) is 6.13. The van der Waals surface area contributed by atoms with Crippen LogP contribution in [0.4, 0.5) is 0 Å². The van der Waals surface area contributed by atoms with Crippen LogP contribution in [0.3, 0.4) is 0 Å². The summed E-state index contributed by atoms with van der Waals surface area (Å²) in [5, 5.41) is 13.0. The molecule has 16 heavy (non-hydrogen) atoms. The smallest absolute Gasteiger partial charge is 0.324 e. The van der Waals surface area contributed by atoms with Crippen LogP contribution in [-0.2, 0) is 4.79 Å². The lowest BCUT2D eigenvalue weighted by Crippen LogP contribution is -2.63. The molecule has 0 aromatic heterocycles. The van der Waals surface area contributed by atoms with Crippen LogP contribution in [0.15, 0.2) is 0 Å². The van der Waals surface area contributed by atoms with Gasteiger partial charge < -0.3 is 10.4 Å². The van der Waals surface area contributed by atoms with Crippen LogP contribution >= 0.6 is 0 Å². The van der Waals surface area contributed by atoms with E-state index < -0.39 is 11.5 Å². The Morgan fingerprint density at radius 2 is 1.94 bits per heavy atom. The van der Waals surface area contributed by atoms with E-state index >= 15 is 0 Å². The van der Waals surface area contributed by atoms with Crippen molar-refractivity contribution in [2.24, 2.45) is 11.3 Å². The number of carbonyl (C=O) groups is 1. The average Bonchev–Trinajstić information content (AvgIpc) is 2.99. The summed E-state index contributed by atoms with van der Waals surface area (Å²) >= 11 is 0. The van der Waals surface area contributed by atoms with Crippen molar-refractivity contribution in [2.45, 2.75) is 57.9 Å². The molecular weight excluding hydrogens is 202 g/mol. The lowest BCUT2D eigenvalue weighted by molar-refractivity contribution is -0.153. The summed E-state index contributed by atoms with van der Waals surface area (Å²) in [7, 11) is 0. The molecule has 0 heterocycles. The number of carboxylic acid groups (broad SMARTS) is 1. The zero-order chi connectivity index (χ0) is 11.8. The normalized spacial score (nSPS) is 33.6. The number of hydrogen-bond acceptors (Lipinski definition) is 2. The van der Waals surface area contributed by atoms with Gasteiger partial charge in [-0.15, -0.1) is 0 Å². The lowest BCUT2D eigenvalue weighted by Gasteiger charge is -2.47. The van der Waals surface area contributed by atoms with Gasteiger partial charge in [-0.25, -0.2) is 0 Å². The van der Waals surface area contributed by atoms with Crippen molar-refractivity contribution >= 4 is 5.97 Å². The van der Waals surface area contributed by atoms with Crippen LogP contribution in [0.2, 0.25) is 0 Å². The minimum absolute atomic E-state index is 0.133. The first-order chi connectivity index (χ1) is 7.48. The highest BCUT2D eigenvalue weighted by molar-refractivity contribution is 5.80. The summed E-state index contributed by atoms with van der Waals surface area (Å²) in [6, 6.07) is 0. The fourth-order valence-electron chi connectivity index (χ4n) is 2.95. The van der Waals surface area contributed by atoms with Crippen LogP contribution in [0, 0.1) is 11.3 Å². The third kappa shape index (κ3) is 1.97. The molecule has 0 aliphatic heterocycles. The molecule has 3 nitrogen and oxygen atoms in total. The molecule has 0 amide bonds. The third-order valence-electron chi connectivity index (χ3n) is 4.51. The summed E-state index contributed by atoms with van der Waals surface area (Å²) in [6.45, 7) is 5.08. The van der Waals surface area contributed by atoms with E-state index in [2.05, 4.69) is 19.2 Å². The summed E-state index contributed by atoms with van der Waals surface area (Å²) in [5.74, 6) is 0.0757. The fourth-order valence-corrected chi connectivity index (χ4v) is 2.95. The highest BCUT2D eigenvalue weighted by atomic mass is 16.4. The van der Waals surface area contributed by atoms with E-state index in [1.807, 2.05) is 0 Å². The van der Waals surface area contributed by atoms with Crippen molar-refractivity contribution in [3.63, 3.8) is 0 Å². The zero-order valence-corrected chi connectivity index (χ0v) is 10.4. The van der Waals surface area contributed by atoms with E-state index in [4.69, 9.17) is 0 Å². The van der Waals surface area contributed by atoms with Gasteiger partial charge in [-0.1, -0.05) is 26.7 Å². The Kier molecular flexibility index (Phi) is 2.99. The van der Waals surface area contributed by atoms with Crippen molar-refractivity contribution < 1.29 is 9.90 Å². The van der Waals surface area contributed by atoms with Crippen molar-refractivity contribution in [2.75, 3.05) is 6.54 Å². The predicted octanol–water partition coefficient (Wildman–Crippen LogP) is 2.41. The van der Waals surface area contributed by atoms with Crippen molar-refractivity contribution in [1.29, 1.82) is 0 Å². The van der Waals surface area contributed by atoms with Crippen LogP contribution < -0.4 is 5.32 Å². The fraction of sp³-hybridized carbons (Fsp3) is 0.923. The standard InChI is InChI=1S/C13H23NO2/c1-12(2)7-3-4-8-13(12,11(15)16)14-9-10-5-6-10/h10,14H,3-9H2,1-2H3,(H,15,16). The maximum absolute atomic E-state index is 11.7. The highest BCUT2D eigenvalue weighted by Crippen LogP contribution is 2.44. The maximum atomic E-state index is 11.7. The summed E-state index contributed by atoms with van der Waals surface area (Å²) < 4.78 is 0. The van der Waals surface area contributed by atoms with E-state index in [1.54, 1.807) is 0 Å². The molecule has 2 rings (SSSR count). The van der Waals surface area contributed by atoms with Crippen LogP contribution in [0.25, 0.3) is 0 Å². The predicted molar refractivity (Wildman–Crippen MR) is 63.3 cm³/mol. The van der Waals surface area contributed by atoms with E-state index in [9.17, 15) is 9.90 Å². The van der Waals surface area contributed by atoms with Gasteiger partial charge in [0.15, 0.2) is 0 Å². The number of aliphatic carboxylic acids is 1. The van der Waals surface area contributed by atoms with Gasteiger partial charge in [0.1, 0.15) is 5.54 Å². The summed E-state index contributed by atoms with van der Waals surface area (Å²) in [5.41, 5.74) is -0.820. The SMILES string of the molecule is CC1(C)CCCCC1(NCC1CC1)C(=O)O. The zero-order valence-electron chi connectivity index (χ0n) is 10.4. The first-order valence-corrected chi connectivity index (χ1v) is 6.46. The van der Waals surface area contributed by atoms with Crippen molar-refractivity contribution in [3.8, 4) is 0 Å². The van der Waals surface area contributed by atoms with Crippen molar-refractivity contribution in [3.05, 3.63) is 0 Å². The molecule has 0 spiro atoms. The number of hydrogen-bond donors (Lipinski definition) is 2. The Labute approximate surface area is 97.6 Å². The van der Waals surface area contributed by atoms with Gasteiger partial charge in [0.2, 0.25) is 0 Å². The Morgan fingerprint density at radius 1 is 1.31 bits per heavy atom. The molecule has 0 saturated heterocycles. The van der Waals surface area contributed by atoms with Gasteiger partial charge in [-0.2, -0.15) is 0 Å². The van der Waals surface area contributed by atoms with Gasteiger partial charge in [-0.05, 0) is 43.6 Å². The molecule has 0 bridgehead atoms. The molecule has 2 aliphatic rings. The molecule has 0 radical (unpaired) electrons. The van der Waals surface area contributed by atoms with Gasteiger partial charge in [-0.3, -0.25) is 4.79 Å². The van der Waals surface area contributed by atoms with Crippen LogP contribution in [0.5, 0.6) is 0 Å². The molecule has 3 heteroatoms. The van der Waals surface area contributed by atoms with E-state index in [-0.39, 0.29) is 5.41 Å². The molecule has 0 aromatic rings. The number of carboxylic acids is 1. The maximum Gasteiger partial charge on any atom is 0.324 e. The summed E-state index contributed by atoms with van der Waals surface area (Å²) in [6.07, 6.45) is 6.52. The molecule has 2 fully saturated rings. The average molecular weight is 225 g/mol. The Balaban J connectivity index is 2.13. The monoisotopic (exact) mass is 225 g/mol. The molecule has 2 aliphatic carbocycles. The topological polar surface area (TPSA) is 49.3 Å². The van der Waals surface area contributed by atoms with E-state index in [0.29, 0.717) is 0 Å². The van der Waals surface area contributed by atoms with Gasteiger partial charge >= 0.3 is 5.97 Å². The van der Waals surface area contributed by atoms with Gasteiger partial charge in [0.05, 0.1) is 0 Å². The van der Waals surface area contributed by atoms with Gasteiger partial charge in [0.25, 0.3) is 0 Å². The van der Waals surface area contributed by atoms with E-state index in [0.717, 1.165) is 38.1 Å². The number of rotatable bonds is 4. The summed E-state index contributed by atoms with van der Waals surface area (Å²) in [4.78, 5) is 11.7.